The van der Waals surface area contributed by atoms with Crippen molar-refractivity contribution >= 4 is 5.91 Å². The van der Waals surface area contributed by atoms with Crippen molar-refractivity contribution in [3.8, 4) is 0 Å². The lowest BCUT2D eigenvalue weighted by atomic mass is 9.97. The number of carbonyl (C=O) groups excluding carboxylic acids is 1. The van der Waals surface area contributed by atoms with Gasteiger partial charge in [0.15, 0.2) is 12.6 Å². The second-order valence-corrected chi connectivity index (χ2v) is 23.9. The predicted molar refractivity (Wildman–Crippen MR) is 355 cm³/mol. The van der Waals surface area contributed by atoms with Gasteiger partial charge in [-0.3, -0.25) is 4.79 Å². The fourth-order valence-corrected chi connectivity index (χ4v) is 10.7. The Balaban J connectivity index is 1.67. The minimum Gasteiger partial charge on any atom is -0.394 e. The largest absolute Gasteiger partial charge is 0.394 e. The van der Waals surface area contributed by atoms with Crippen LogP contribution in [0.4, 0.5) is 0 Å². The standard InChI is InChI=1S/C73H125NO13/c1-3-5-7-9-11-13-15-17-19-21-23-24-25-26-27-28-29-30-31-32-33-34-35-36-37-38-39-41-43-45-47-49-51-53-55-57-65(78)74-61(62(77)56-54-52-50-48-46-44-42-40-22-20-18-16-14-12-10-8-6-4-2)60-84-72-70(83)68(81)71(64(59-76)86-72)87-73-69(82)67(80)66(79)63(58-75)85-73/h5,7,11,13,17,19,23-24,26-27,29-30,32-33,35-36,54,56,61-64,66-73,75-77,79-83H,3-4,6,8-10,12,14-16,18,20-22,25,28,31,34,37-53,55,57-60H2,1-2H3,(H,74,78)/b7-5-,13-11-,19-17-,24-23-,27-26-,30-29-,33-32-,36-35-,56-54+. The lowest BCUT2D eigenvalue weighted by Crippen LogP contribution is -2.65. The summed E-state index contributed by atoms with van der Waals surface area (Å²) in [7, 11) is 0. The minimum absolute atomic E-state index is 0.247. The van der Waals surface area contributed by atoms with Crippen LogP contribution in [0.3, 0.4) is 0 Å². The van der Waals surface area contributed by atoms with Crippen LogP contribution in [0.5, 0.6) is 0 Å². The zero-order valence-corrected chi connectivity index (χ0v) is 54.2. The Morgan fingerprint density at radius 2 is 0.793 bits per heavy atom. The Morgan fingerprint density at radius 3 is 1.22 bits per heavy atom. The van der Waals surface area contributed by atoms with Crippen LogP contribution in [-0.4, -0.2) is 140 Å². The third kappa shape index (κ3) is 40.9. The number of carbonyl (C=O) groups is 1. The molecule has 0 saturated carbocycles. The number of allylic oxidation sites excluding steroid dienone is 17. The van der Waals surface area contributed by atoms with Crippen molar-refractivity contribution in [3.05, 3.63) is 109 Å². The van der Waals surface area contributed by atoms with Gasteiger partial charge in [-0.2, -0.15) is 0 Å². The summed E-state index contributed by atoms with van der Waals surface area (Å²) in [6, 6.07) is -0.925. The smallest absolute Gasteiger partial charge is 0.220 e. The molecule has 0 spiro atoms. The van der Waals surface area contributed by atoms with Crippen molar-refractivity contribution in [2.45, 2.75) is 325 Å². The molecule has 12 unspecified atom stereocenters. The fraction of sp³-hybridized carbons (Fsp3) is 0.740. The third-order valence-corrected chi connectivity index (χ3v) is 16.2. The van der Waals surface area contributed by atoms with E-state index in [1.165, 1.54) is 128 Å². The summed E-state index contributed by atoms with van der Waals surface area (Å²) in [6.07, 6.45) is 64.1. The quantitative estimate of drug-likeness (QED) is 0.0204. The van der Waals surface area contributed by atoms with Crippen molar-refractivity contribution in [1.82, 2.24) is 5.32 Å². The first kappa shape index (κ1) is 79.7. The van der Waals surface area contributed by atoms with Crippen LogP contribution in [0.2, 0.25) is 0 Å². The van der Waals surface area contributed by atoms with Crippen molar-refractivity contribution in [2.24, 2.45) is 0 Å². The Morgan fingerprint density at radius 1 is 0.425 bits per heavy atom. The molecular weight excluding hydrogens is 1100 g/mol. The first-order chi connectivity index (χ1) is 42.6. The van der Waals surface area contributed by atoms with Gasteiger partial charge in [0.05, 0.1) is 32.0 Å². The van der Waals surface area contributed by atoms with Crippen molar-refractivity contribution in [2.75, 3.05) is 19.8 Å². The number of aliphatic hydroxyl groups is 8. The van der Waals surface area contributed by atoms with Crippen molar-refractivity contribution in [3.63, 3.8) is 0 Å². The Labute approximate surface area is 527 Å². The molecule has 0 aliphatic carbocycles. The van der Waals surface area contributed by atoms with Gasteiger partial charge in [-0.05, 0) is 83.5 Å². The van der Waals surface area contributed by atoms with E-state index in [-0.39, 0.29) is 18.9 Å². The highest BCUT2D eigenvalue weighted by atomic mass is 16.7. The van der Waals surface area contributed by atoms with Crippen LogP contribution in [0.1, 0.15) is 251 Å². The number of hydrogen-bond acceptors (Lipinski definition) is 13. The maximum Gasteiger partial charge on any atom is 0.220 e. The van der Waals surface area contributed by atoms with Gasteiger partial charge in [0.1, 0.15) is 48.8 Å². The SMILES string of the molecule is CC/C=C\C/C=C\C/C=C\C/C=C\C/C=C\C/C=C\C/C=C\C/C=C\CCCCCCCCCCCCC(=O)NC(COC1OC(CO)C(OC2OC(CO)C(O)C(O)C2O)C(O)C1O)C(O)/C=C/CCCCCCCCCCCCCCCCCC. The number of ether oxygens (including phenoxy) is 4. The number of nitrogens with one attached hydrogen (secondary N) is 1. The van der Waals surface area contributed by atoms with Crippen LogP contribution in [0.25, 0.3) is 0 Å². The number of aliphatic hydroxyl groups excluding tert-OH is 8. The van der Waals surface area contributed by atoms with Gasteiger partial charge < -0.3 is 65.1 Å². The number of unbranched alkanes of at least 4 members (excludes halogenated alkanes) is 26. The summed E-state index contributed by atoms with van der Waals surface area (Å²) in [5, 5.41) is 87.4. The number of rotatable bonds is 55. The maximum absolute atomic E-state index is 13.3. The summed E-state index contributed by atoms with van der Waals surface area (Å²) in [6.45, 7) is 2.69. The zero-order valence-electron chi connectivity index (χ0n) is 54.2. The molecule has 0 bridgehead atoms. The predicted octanol–water partition coefficient (Wildman–Crippen LogP) is 14.0. The molecule has 1 amide bonds. The third-order valence-electron chi connectivity index (χ3n) is 16.2. The van der Waals surface area contributed by atoms with Gasteiger partial charge in [0.25, 0.3) is 0 Å². The molecule has 0 aromatic rings. The average Bonchev–Trinajstić information content (AvgIpc) is 3.71. The van der Waals surface area contributed by atoms with Gasteiger partial charge in [-0.1, -0.05) is 271 Å². The van der Waals surface area contributed by atoms with Crippen molar-refractivity contribution in [1.29, 1.82) is 0 Å². The summed E-state index contributed by atoms with van der Waals surface area (Å²) >= 11 is 0. The Kier molecular flexibility index (Phi) is 51.9. The first-order valence-electron chi connectivity index (χ1n) is 34.6. The van der Waals surface area contributed by atoms with E-state index < -0.39 is 86.8 Å². The second-order valence-electron chi connectivity index (χ2n) is 23.9. The molecule has 0 aromatic carbocycles. The van der Waals surface area contributed by atoms with Crippen LogP contribution < -0.4 is 5.32 Å². The molecule has 9 N–H and O–H groups in total. The van der Waals surface area contributed by atoms with E-state index in [2.05, 4.69) is 116 Å². The Bertz CT molecular complexity index is 1880. The topological polar surface area (TPSA) is 228 Å². The van der Waals surface area contributed by atoms with Gasteiger partial charge >= 0.3 is 0 Å². The number of hydrogen-bond donors (Lipinski definition) is 9. The molecule has 12 atom stereocenters. The van der Waals surface area contributed by atoms with E-state index in [9.17, 15) is 45.6 Å². The molecule has 0 aromatic heterocycles. The normalized spacial score (nSPS) is 24.0. The van der Waals surface area contributed by atoms with E-state index >= 15 is 0 Å². The van der Waals surface area contributed by atoms with Crippen LogP contribution in [-0.2, 0) is 23.7 Å². The highest BCUT2D eigenvalue weighted by Crippen LogP contribution is 2.30. The molecule has 2 aliphatic rings. The zero-order chi connectivity index (χ0) is 63.1. The monoisotopic (exact) mass is 1220 g/mol. The molecule has 0 radical (unpaired) electrons. The molecule has 2 aliphatic heterocycles. The fourth-order valence-electron chi connectivity index (χ4n) is 10.7. The summed E-state index contributed by atoms with van der Waals surface area (Å²) < 4.78 is 22.8. The average molecular weight is 1220 g/mol. The highest BCUT2D eigenvalue weighted by molar-refractivity contribution is 5.76. The summed E-state index contributed by atoms with van der Waals surface area (Å²) in [5.41, 5.74) is 0. The molecule has 87 heavy (non-hydrogen) atoms. The van der Waals surface area contributed by atoms with Gasteiger partial charge in [-0.25, -0.2) is 0 Å². The summed E-state index contributed by atoms with van der Waals surface area (Å²) in [5.74, 6) is -0.247. The van der Waals surface area contributed by atoms with Gasteiger partial charge in [0.2, 0.25) is 5.91 Å². The Hall–Kier alpha value is -3.35. The van der Waals surface area contributed by atoms with Gasteiger partial charge in [-0.15, -0.1) is 0 Å². The molecule has 2 saturated heterocycles. The molecule has 2 heterocycles. The van der Waals surface area contributed by atoms with Crippen LogP contribution >= 0.6 is 0 Å². The van der Waals surface area contributed by atoms with Gasteiger partial charge in [0, 0.05) is 6.42 Å². The lowest BCUT2D eigenvalue weighted by Gasteiger charge is -2.46. The van der Waals surface area contributed by atoms with Crippen LogP contribution in [0, 0.1) is 0 Å². The summed E-state index contributed by atoms with van der Waals surface area (Å²) in [4.78, 5) is 13.3. The molecule has 2 rings (SSSR count). The highest BCUT2D eigenvalue weighted by Gasteiger charge is 2.51. The molecule has 14 heteroatoms. The molecule has 14 nitrogen and oxygen atoms in total. The lowest BCUT2D eigenvalue weighted by molar-refractivity contribution is -0.359. The van der Waals surface area contributed by atoms with Crippen LogP contribution in [0.15, 0.2) is 109 Å². The van der Waals surface area contributed by atoms with E-state index in [1.807, 2.05) is 6.08 Å². The second kappa shape index (κ2) is 56.6. The number of amides is 1. The van der Waals surface area contributed by atoms with E-state index in [0.717, 1.165) is 96.3 Å². The maximum atomic E-state index is 13.3. The molecule has 2 fully saturated rings. The van der Waals surface area contributed by atoms with E-state index in [4.69, 9.17) is 18.9 Å². The molecule has 500 valence electrons. The molecular formula is C73H125NO13. The minimum atomic E-state index is -1.79. The van der Waals surface area contributed by atoms with Crippen molar-refractivity contribution < 1.29 is 64.6 Å². The first-order valence-corrected chi connectivity index (χ1v) is 34.6. The van der Waals surface area contributed by atoms with E-state index in [0.29, 0.717) is 6.42 Å². The van der Waals surface area contributed by atoms with E-state index in [1.54, 1.807) is 6.08 Å².